The van der Waals surface area contributed by atoms with Crippen LogP contribution in [-0.2, 0) is 0 Å². The highest BCUT2D eigenvalue weighted by atomic mass is 35.5. The topological polar surface area (TPSA) is 73.9 Å². The zero-order valence-electron chi connectivity index (χ0n) is 8.82. The van der Waals surface area contributed by atoms with Gasteiger partial charge in [0.05, 0.1) is 12.7 Å². The third kappa shape index (κ3) is 2.40. The molecule has 0 aliphatic rings. The number of ether oxygens (including phenoxy) is 1. The number of hydrogen-bond acceptors (Lipinski definition) is 5. The van der Waals surface area contributed by atoms with Crippen LogP contribution in [0.4, 0.5) is 5.82 Å². The van der Waals surface area contributed by atoms with Gasteiger partial charge in [-0.2, -0.15) is 0 Å². The predicted octanol–water partition coefficient (Wildman–Crippen LogP) is 2.44. The maximum Gasteiger partial charge on any atom is 0.225 e. The summed E-state index contributed by atoms with van der Waals surface area (Å²) in [5.41, 5.74) is 6.95. The van der Waals surface area contributed by atoms with Gasteiger partial charge in [-0.3, -0.25) is 0 Å². The summed E-state index contributed by atoms with van der Waals surface area (Å²) in [5, 5.41) is 0.201. The van der Waals surface area contributed by atoms with Crippen molar-refractivity contribution in [2.24, 2.45) is 0 Å². The summed E-state index contributed by atoms with van der Waals surface area (Å²) in [5.74, 6) is 0.709. The summed E-state index contributed by atoms with van der Waals surface area (Å²) in [6, 6.07) is 3.46. The lowest BCUT2D eigenvalue weighted by atomic mass is 10.1. The first-order valence-electron chi connectivity index (χ1n) is 4.60. The number of nitrogens with two attached hydrogens (primary N) is 1. The van der Waals surface area contributed by atoms with E-state index in [1.807, 2.05) is 0 Å². The Bertz CT molecular complexity index is 521. The van der Waals surface area contributed by atoms with Gasteiger partial charge in [-0.25, -0.2) is 15.0 Å². The highest BCUT2D eigenvalue weighted by Gasteiger charge is 2.12. The third-order valence-electron chi connectivity index (χ3n) is 2.10. The first kappa shape index (κ1) is 11.9. The normalized spacial score (nSPS) is 10.3. The van der Waals surface area contributed by atoms with Gasteiger partial charge in [0.2, 0.25) is 11.2 Å². The minimum absolute atomic E-state index is 0.0118. The van der Waals surface area contributed by atoms with Crippen LogP contribution < -0.4 is 10.5 Å². The quantitative estimate of drug-likeness (QED) is 0.670. The van der Waals surface area contributed by atoms with Crippen molar-refractivity contribution in [2.45, 2.75) is 0 Å². The van der Waals surface area contributed by atoms with Crippen molar-refractivity contribution >= 4 is 29.0 Å². The molecule has 88 valence electrons. The number of hydrogen-bond donors (Lipinski definition) is 1. The largest absolute Gasteiger partial charge is 0.481 e. The first-order valence-corrected chi connectivity index (χ1v) is 5.36. The summed E-state index contributed by atoms with van der Waals surface area (Å²) >= 11 is 11.6. The van der Waals surface area contributed by atoms with Crippen molar-refractivity contribution in [3.05, 3.63) is 28.8 Å². The van der Waals surface area contributed by atoms with E-state index in [-0.39, 0.29) is 16.3 Å². The fraction of sp³-hybridized carbons (Fsp3) is 0.100. The molecule has 0 unspecified atom stereocenters. The molecule has 0 amide bonds. The van der Waals surface area contributed by atoms with Crippen molar-refractivity contribution in [1.82, 2.24) is 15.0 Å². The molecule has 0 saturated heterocycles. The van der Waals surface area contributed by atoms with Crippen LogP contribution in [0.25, 0.3) is 11.1 Å². The molecule has 2 aromatic rings. The van der Waals surface area contributed by atoms with E-state index < -0.39 is 0 Å². The van der Waals surface area contributed by atoms with Crippen molar-refractivity contribution in [3.63, 3.8) is 0 Å². The second kappa shape index (κ2) is 4.73. The minimum atomic E-state index is 0.0118. The molecular formula is C10H8Cl2N4O. The summed E-state index contributed by atoms with van der Waals surface area (Å²) in [7, 11) is 1.54. The predicted molar refractivity (Wildman–Crippen MR) is 66.2 cm³/mol. The number of nitrogen functional groups attached to an aromatic ring is 1. The number of nitrogens with zero attached hydrogens (tertiary/aromatic N) is 3. The van der Waals surface area contributed by atoms with Crippen LogP contribution in [0.15, 0.2) is 18.3 Å². The molecule has 0 radical (unpaired) electrons. The molecule has 2 heterocycles. The second-order valence-electron chi connectivity index (χ2n) is 3.13. The molecule has 2 N–H and O–H groups in total. The van der Waals surface area contributed by atoms with E-state index in [9.17, 15) is 0 Å². The van der Waals surface area contributed by atoms with E-state index in [1.165, 1.54) is 7.11 Å². The second-order valence-corrected chi connectivity index (χ2v) is 3.83. The molecule has 0 saturated carbocycles. The van der Waals surface area contributed by atoms with E-state index in [4.69, 9.17) is 33.7 Å². The lowest BCUT2D eigenvalue weighted by Crippen LogP contribution is -1.98. The van der Waals surface area contributed by atoms with Gasteiger partial charge in [0, 0.05) is 17.8 Å². The average molecular weight is 271 g/mol. The molecular weight excluding hydrogens is 263 g/mol. The number of rotatable bonds is 2. The van der Waals surface area contributed by atoms with Crippen molar-refractivity contribution in [2.75, 3.05) is 12.8 Å². The van der Waals surface area contributed by atoms with Gasteiger partial charge in [0.15, 0.2) is 0 Å². The Morgan fingerprint density at radius 2 is 2.00 bits per heavy atom. The van der Waals surface area contributed by atoms with Crippen molar-refractivity contribution in [3.8, 4) is 17.0 Å². The smallest absolute Gasteiger partial charge is 0.225 e. The third-order valence-corrected chi connectivity index (χ3v) is 2.54. The standard InChI is InChI=1S/C10H8Cl2N4O/c1-17-6-3-2-5(4-14-6)7-8(11)15-10(12)16-9(7)13/h2-4H,1H3,(H2,13,15,16). The Hall–Kier alpha value is -1.59. The van der Waals surface area contributed by atoms with Crippen LogP contribution in [0.3, 0.4) is 0 Å². The molecule has 17 heavy (non-hydrogen) atoms. The first-order chi connectivity index (χ1) is 8.11. The van der Waals surface area contributed by atoms with E-state index in [2.05, 4.69) is 15.0 Å². The fourth-order valence-electron chi connectivity index (χ4n) is 1.34. The maximum atomic E-state index is 5.97. The van der Waals surface area contributed by atoms with Crippen LogP contribution in [0.2, 0.25) is 10.4 Å². The molecule has 0 fully saturated rings. The fourth-order valence-corrected chi connectivity index (χ4v) is 1.84. The number of anilines is 1. The molecule has 7 heteroatoms. The Kier molecular flexibility index (Phi) is 3.31. The molecule has 0 bridgehead atoms. The summed E-state index contributed by atoms with van der Waals surface area (Å²) in [6.45, 7) is 0. The molecule has 2 aromatic heterocycles. The Morgan fingerprint density at radius 3 is 2.53 bits per heavy atom. The Morgan fingerprint density at radius 1 is 1.24 bits per heavy atom. The lowest BCUT2D eigenvalue weighted by Gasteiger charge is -2.07. The lowest BCUT2D eigenvalue weighted by molar-refractivity contribution is 0.398. The number of aromatic nitrogens is 3. The SMILES string of the molecule is COc1ccc(-c2c(N)nc(Cl)nc2Cl)cn1. The molecule has 5 nitrogen and oxygen atoms in total. The van der Waals surface area contributed by atoms with Crippen molar-refractivity contribution in [1.29, 1.82) is 0 Å². The minimum Gasteiger partial charge on any atom is -0.481 e. The molecule has 0 aromatic carbocycles. The molecule has 0 spiro atoms. The molecule has 0 atom stereocenters. The summed E-state index contributed by atoms with van der Waals surface area (Å²) in [6.07, 6.45) is 1.58. The van der Waals surface area contributed by atoms with Gasteiger partial charge in [-0.1, -0.05) is 11.6 Å². The number of methoxy groups -OCH3 is 1. The van der Waals surface area contributed by atoms with Crippen molar-refractivity contribution < 1.29 is 4.74 Å². The van der Waals surface area contributed by atoms with Crippen LogP contribution in [-0.4, -0.2) is 22.1 Å². The van der Waals surface area contributed by atoms with Gasteiger partial charge in [-0.05, 0) is 17.7 Å². The van der Waals surface area contributed by atoms with Gasteiger partial charge in [0.1, 0.15) is 11.0 Å². The Labute approximate surface area is 108 Å². The number of halogens is 2. The summed E-state index contributed by atoms with van der Waals surface area (Å²) < 4.78 is 4.96. The van der Waals surface area contributed by atoms with E-state index >= 15 is 0 Å². The zero-order chi connectivity index (χ0) is 12.4. The molecule has 2 rings (SSSR count). The monoisotopic (exact) mass is 270 g/mol. The highest BCUT2D eigenvalue weighted by molar-refractivity contribution is 6.34. The zero-order valence-corrected chi connectivity index (χ0v) is 10.3. The molecule has 0 aliphatic heterocycles. The number of pyridine rings is 1. The van der Waals surface area contributed by atoms with Gasteiger partial charge in [0.25, 0.3) is 0 Å². The van der Waals surface area contributed by atoms with Crippen LogP contribution in [0.1, 0.15) is 0 Å². The highest BCUT2D eigenvalue weighted by Crippen LogP contribution is 2.31. The van der Waals surface area contributed by atoms with E-state index in [1.54, 1.807) is 18.3 Å². The Balaban J connectivity index is 2.52. The van der Waals surface area contributed by atoms with E-state index in [0.717, 1.165) is 0 Å². The van der Waals surface area contributed by atoms with Gasteiger partial charge < -0.3 is 10.5 Å². The maximum absolute atomic E-state index is 5.97. The molecule has 0 aliphatic carbocycles. The summed E-state index contributed by atoms with van der Waals surface area (Å²) in [4.78, 5) is 11.7. The van der Waals surface area contributed by atoms with E-state index in [0.29, 0.717) is 17.0 Å². The van der Waals surface area contributed by atoms with Gasteiger partial charge >= 0.3 is 0 Å². The van der Waals surface area contributed by atoms with Gasteiger partial charge in [-0.15, -0.1) is 0 Å². The van der Waals surface area contributed by atoms with Crippen LogP contribution >= 0.6 is 23.2 Å². The van der Waals surface area contributed by atoms with Crippen LogP contribution in [0.5, 0.6) is 5.88 Å². The van der Waals surface area contributed by atoms with Crippen LogP contribution in [0, 0.1) is 0 Å². The average Bonchev–Trinajstić information content (AvgIpc) is 2.28.